The molecule has 0 radical (unpaired) electrons. The maximum atomic E-state index is 12.4. The Kier molecular flexibility index (Phi) is 5.77. The van der Waals surface area contributed by atoms with Crippen molar-refractivity contribution < 1.29 is 4.79 Å². The summed E-state index contributed by atoms with van der Waals surface area (Å²) in [5, 5.41) is 12.1. The van der Waals surface area contributed by atoms with Crippen molar-refractivity contribution in [1.29, 1.82) is 0 Å². The lowest BCUT2D eigenvalue weighted by atomic mass is 9.96. The van der Waals surface area contributed by atoms with Gasteiger partial charge in [-0.05, 0) is 52.5 Å². The third-order valence-corrected chi connectivity index (χ3v) is 5.74. The molecule has 140 valence electrons. The van der Waals surface area contributed by atoms with E-state index in [0.29, 0.717) is 12.5 Å². The Morgan fingerprint density at radius 1 is 1.20 bits per heavy atom. The van der Waals surface area contributed by atoms with Gasteiger partial charge in [0.05, 0.1) is 6.54 Å². The molecule has 6 heteroatoms. The number of aryl methyl sites for hydroxylation is 1. The van der Waals surface area contributed by atoms with Gasteiger partial charge in [-0.25, -0.2) is 0 Å². The molecule has 3 heterocycles. The van der Waals surface area contributed by atoms with Gasteiger partial charge in [0.1, 0.15) is 11.6 Å². The number of nitrogens with one attached hydrogen (secondary N) is 1. The predicted molar refractivity (Wildman–Crippen MR) is 98.5 cm³/mol. The van der Waals surface area contributed by atoms with Gasteiger partial charge in [-0.2, -0.15) is 0 Å². The molecule has 0 spiro atoms. The smallest absolute Gasteiger partial charge is 0.234 e. The Hall–Kier alpha value is -1.43. The Balaban J connectivity index is 1.62. The van der Waals surface area contributed by atoms with Crippen LogP contribution >= 0.6 is 0 Å². The number of likely N-dealkylation sites (tertiary alicyclic amines) is 1. The summed E-state index contributed by atoms with van der Waals surface area (Å²) >= 11 is 0. The molecular formula is C19H33N5O. The van der Waals surface area contributed by atoms with Gasteiger partial charge in [-0.1, -0.05) is 13.3 Å². The van der Waals surface area contributed by atoms with E-state index >= 15 is 0 Å². The molecule has 1 aromatic rings. The monoisotopic (exact) mass is 347 g/mol. The SMILES string of the molecule is CCC(C)(C)NC(=O)CN1CCCC(c2nnc3n2CCCCC3)C1. The van der Waals surface area contributed by atoms with Crippen LogP contribution in [0.2, 0.25) is 0 Å². The van der Waals surface area contributed by atoms with E-state index in [1.807, 2.05) is 0 Å². The second-order valence-electron chi connectivity index (χ2n) is 8.30. The van der Waals surface area contributed by atoms with E-state index in [1.165, 1.54) is 19.3 Å². The molecule has 0 bridgehead atoms. The Bertz CT molecular complexity index is 595. The average Bonchev–Trinajstić information content (AvgIpc) is 2.83. The van der Waals surface area contributed by atoms with Gasteiger partial charge < -0.3 is 9.88 Å². The molecule has 1 N–H and O–H groups in total. The minimum Gasteiger partial charge on any atom is -0.350 e. The van der Waals surface area contributed by atoms with Crippen molar-refractivity contribution in [3.8, 4) is 0 Å². The molecule has 1 aromatic heterocycles. The van der Waals surface area contributed by atoms with Crippen molar-refractivity contribution in [2.45, 2.75) is 83.7 Å². The first-order valence-corrected chi connectivity index (χ1v) is 9.94. The van der Waals surface area contributed by atoms with Crippen LogP contribution in [0.3, 0.4) is 0 Å². The molecule has 0 saturated carbocycles. The number of rotatable bonds is 5. The van der Waals surface area contributed by atoms with Gasteiger partial charge in [0.2, 0.25) is 5.91 Å². The van der Waals surface area contributed by atoms with E-state index in [0.717, 1.165) is 57.0 Å². The van der Waals surface area contributed by atoms with Crippen LogP contribution < -0.4 is 5.32 Å². The van der Waals surface area contributed by atoms with Crippen LogP contribution in [-0.4, -0.2) is 50.7 Å². The lowest BCUT2D eigenvalue weighted by molar-refractivity contribution is -0.124. The van der Waals surface area contributed by atoms with Gasteiger partial charge in [0.25, 0.3) is 0 Å². The average molecular weight is 348 g/mol. The molecule has 1 unspecified atom stereocenters. The largest absolute Gasteiger partial charge is 0.350 e. The summed E-state index contributed by atoms with van der Waals surface area (Å²) in [6.45, 7) is 9.72. The van der Waals surface area contributed by atoms with Crippen LogP contribution in [0, 0.1) is 0 Å². The van der Waals surface area contributed by atoms with Gasteiger partial charge in [-0.15, -0.1) is 10.2 Å². The highest BCUT2D eigenvalue weighted by molar-refractivity contribution is 5.78. The van der Waals surface area contributed by atoms with Crippen molar-refractivity contribution in [1.82, 2.24) is 25.0 Å². The minimum atomic E-state index is -0.128. The fraction of sp³-hybridized carbons (Fsp3) is 0.842. The highest BCUT2D eigenvalue weighted by atomic mass is 16.2. The summed E-state index contributed by atoms with van der Waals surface area (Å²) in [5.74, 6) is 2.84. The summed E-state index contributed by atoms with van der Waals surface area (Å²) in [7, 11) is 0. The fourth-order valence-corrected chi connectivity index (χ4v) is 3.93. The number of amides is 1. The maximum absolute atomic E-state index is 12.4. The number of carbonyl (C=O) groups excluding carboxylic acids is 1. The molecule has 1 fully saturated rings. The lowest BCUT2D eigenvalue weighted by Crippen LogP contribution is -2.49. The van der Waals surface area contributed by atoms with E-state index in [1.54, 1.807) is 0 Å². The molecule has 1 saturated heterocycles. The molecule has 6 nitrogen and oxygen atoms in total. The number of aromatic nitrogens is 3. The van der Waals surface area contributed by atoms with Crippen LogP contribution in [0.1, 0.15) is 76.9 Å². The molecule has 3 rings (SSSR count). The number of piperidine rings is 1. The molecule has 0 aromatic carbocycles. The summed E-state index contributed by atoms with van der Waals surface area (Å²) in [5.41, 5.74) is -0.128. The predicted octanol–water partition coefficient (Wildman–Crippen LogP) is 2.49. The third-order valence-electron chi connectivity index (χ3n) is 5.74. The normalized spacial score (nSPS) is 22.3. The number of fused-ring (bicyclic) bond motifs is 1. The van der Waals surface area contributed by atoms with Gasteiger partial charge >= 0.3 is 0 Å². The zero-order valence-corrected chi connectivity index (χ0v) is 16.1. The van der Waals surface area contributed by atoms with E-state index in [2.05, 4.69) is 45.8 Å². The Morgan fingerprint density at radius 2 is 2.04 bits per heavy atom. The van der Waals surface area contributed by atoms with Crippen molar-refractivity contribution in [3.05, 3.63) is 11.6 Å². The first-order chi connectivity index (χ1) is 12.0. The molecule has 0 aliphatic carbocycles. The summed E-state index contributed by atoms with van der Waals surface area (Å²) < 4.78 is 2.36. The van der Waals surface area contributed by atoms with Crippen molar-refractivity contribution >= 4 is 5.91 Å². The van der Waals surface area contributed by atoms with E-state index in [-0.39, 0.29) is 11.4 Å². The zero-order valence-electron chi connectivity index (χ0n) is 16.1. The molecule has 1 amide bonds. The zero-order chi connectivity index (χ0) is 17.9. The number of carbonyl (C=O) groups is 1. The van der Waals surface area contributed by atoms with Gasteiger partial charge in [-0.3, -0.25) is 9.69 Å². The summed E-state index contributed by atoms with van der Waals surface area (Å²) in [6.07, 6.45) is 8.00. The number of nitrogens with zero attached hydrogens (tertiary/aromatic N) is 4. The van der Waals surface area contributed by atoms with Crippen LogP contribution in [0.25, 0.3) is 0 Å². The van der Waals surface area contributed by atoms with Crippen molar-refractivity contribution in [2.24, 2.45) is 0 Å². The second kappa shape index (κ2) is 7.85. The topological polar surface area (TPSA) is 63.1 Å². The van der Waals surface area contributed by atoms with E-state index < -0.39 is 0 Å². The second-order valence-corrected chi connectivity index (χ2v) is 8.30. The molecule has 2 aliphatic rings. The van der Waals surface area contributed by atoms with Crippen LogP contribution in [0.5, 0.6) is 0 Å². The van der Waals surface area contributed by atoms with Gasteiger partial charge in [0.15, 0.2) is 0 Å². The van der Waals surface area contributed by atoms with Crippen molar-refractivity contribution in [3.63, 3.8) is 0 Å². The Labute approximate surface area is 151 Å². The fourth-order valence-electron chi connectivity index (χ4n) is 3.93. The third kappa shape index (κ3) is 4.60. The van der Waals surface area contributed by atoms with E-state index in [4.69, 9.17) is 0 Å². The number of hydrogen-bond donors (Lipinski definition) is 1. The summed E-state index contributed by atoms with van der Waals surface area (Å²) in [4.78, 5) is 14.7. The van der Waals surface area contributed by atoms with Crippen LogP contribution in [0.15, 0.2) is 0 Å². The molecule has 1 atom stereocenters. The van der Waals surface area contributed by atoms with E-state index in [9.17, 15) is 4.79 Å². The van der Waals surface area contributed by atoms with Gasteiger partial charge in [0, 0.05) is 31.0 Å². The maximum Gasteiger partial charge on any atom is 0.234 e. The highest BCUT2D eigenvalue weighted by Crippen LogP contribution is 2.27. The Morgan fingerprint density at radius 3 is 2.84 bits per heavy atom. The highest BCUT2D eigenvalue weighted by Gasteiger charge is 2.29. The first kappa shape index (κ1) is 18.4. The quantitative estimate of drug-likeness (QED) is 0.889. The number of hydrogen-bond acceptors (Lipinski definition) is 4. The standard InChI is InChI=1S/C19H33N5O/c1-4-19(2,3)20-17(25)14-23-11-8-9-15(13-23)18-22-21-16-10-6-5-7-12-24(16)18/h15H,4-14H2,1-3H3,(H,20,25). The molecule has 25 heavy (non-hydrogen) atoms. The minimum absolute atomic E-state index is 0.128. The molecular weight excluding hydrogens is 314 g/mol. The first-order valence-electron chi connectivity index (χ1n) is 9.94. The van der Waals surface area contributed by atoms with Crippen LogP contribution in [0.4, 0.5) is 0 Å². The lowest BCUT2D eigenvalue weighted by Gasteiger charge is -2.33. The van der Waals surface area contributed by atoms with Crippen LogP contribution in [-0.2, 0) is 17.8 Å². The molecule has 2 aliphatic heterocycles. The van der Waals surface area contributed by atoms with Crippen molar-refractivity contribution in [2.75, 3.05) is 19.6 Å². The summed E-state index contributed by atoms with van der Waals surface area (Å²) in [6, 6.07) is 0.